The van der Waals surface area contributed by atoms with Crippen molar-refractivity contribution in [2.45, 2.75) is 38.5 Å². The van der Waals surface area contributed by atoms with E-state index in [-0.39, 0.29) is 6.09 Å². The summed E-state index contributed by atoms with van der Waals surface area (Å²) in [4.78, 5) is 13.7. The van der Waals surface area contributed by atoms with Gasteiger partial charge in [-0.25, -0.2) is 4.79 Å². The van der Waals surface area contributed by atoms with Crippen LogP contribution in [-0.4, -0.2) is 54.9 Å². The molecule has 0 radical (unpaired) electrons. The zero-order valence-corrected chi connectivity index (χ0v) is 10.2. The fourth-order valence-electron chi connectivity index (χ4n) is 2.20. The van der Waals surface area contributed by atoms with E-state index in [0.29, 0.717) is 12.1 Å². The summed E-state index contributed by atoms with van der Waals surface area (Å²) in [6.45, 7) is 9.02. The second-order valence-electron chi connectivity index (χ2n) is 5.60. The number of ether oxygens (including phenoxy) is 1. The van der Waals surface area contributed by atoms with Gasteiger partial charge in [0.25, 0.3) is 0 Å². The van der Waals surface area contributed by atoms with E-state index in [0.717, 1.165) is 26.2 Å². The van der Waals surface area contributed by atoms with Crippen LogP contribution in [0.5, 0.6) is 0 Å². The Balaban J connectivity index is 1.92. The zero-order chi connectivity index (χ0) is 11.8. The highest BCUT2D eigenvalue weighted by Gasteiger charge is 2.33. The average Bonchev–Trinajstić information content (AvgIpc) is 2.14. The molecule has 2 saturated heterocycles. The number of hydrogen-bond donors (Lipinski definition) is 2. The third kappa shape index (κ3) is 2.86. The van der Waals surface area contributed by atoms with Crippen molar-refractivity contribution in [2.24, 2.45) is 0 Å². The second kappa shape index (κ2) is 4.22. The van der Waals surface area contributed by atoms with Crippen LogP contribution in [0.25, 0.3) is 0 Å². The van der Waals surface area contributed by atoms with Crippen LogP contribution < -0.4 is 10.6 Å². The molecule has 5 heteroatoms. The van der Waals surface area contributed by atoms with Crippen molar-refractivity contribution >= 4 is 6.09 Å². The molecule has 92 valence electrons. The molecule has 0 aromatic heterocycles. The summed E-state index contributed by atoms with van der Waals surface area (Å²) in [6, 6.07) is 0.722. The van der Waals surface area contributed by atoms with Gasteiger partial charge in [0.2, 0.25) is 0 Å². The van der Waals surface area contributed by atoms with E-state index >= 15 is 0 Å². The zero-order valence-electron chi connectivity index (χ0n) is 10.2. The first-order chi connectivity index (χ1) is 7.44. The van der Waals surface area contributed by atoms with E-state index in [4.69, 9.17) is 4.74 Å². The maximum absolute atomic E-state index is 11.9. The molecular weight excluding hydrogens is 206 g/mol. The minimum absolute atomic E-state index is 0.189. The van der Waals surface area contributed by atoms with Gasteiger partial charge < -0.3 is 20.3 Å². The first kappa shape index (κ1) is 11.7. The molecule has 0 aromatic carbocycles. The smallest absolute Gasteiger partial charge is 0.410 e. The highest BCUT2D eigenvalue weighted by Crippen LogP contribution is 2.14. The summed E-state index contributed by atoms with van der Waals surface area (Å²) in [5.74, 6) is 0. The molecule has 2 aliphatic heterocycles. The van der Waals surface area contributed by atoms with Gasteiger partial charge in [-0.15, -0.1) is 0 Å². The van der Waals surface area contributed by atoms with Gasteiger partial charge in [0, 0.05) is 38.3 Å². The normalized spacial score (nSPS) is 30.1. The third-order valence-corrected chi connectivity index (χ3v) is 2.79. The molecule has 0 aromatic rings. The fraction of sp³-hybridized carbons (Fsp3) is 0.909. The van der Waals surface area contributed by atoms with E-state index in [2.05, 4.69) is 10.6 Å². The molecule has 2 N–H and O–H groups in total. The highest BCUT2D eigenvalue weighted by molar-refractivity contribution is 5.68. The van der Waals surface area contributed by atoms with Crippen LogP contribution in [0.1, 0.15) is 20.8 Å². The molecular formula is C11H21N3O2. The summed E-state index contributed by atoms with van der Waals surface area (Å²) in [5, 5.41) is 6.84. The predicted molar refractivity (Wildman–Crippen MR) is 61.4 cm³/mol. The maximum atomic E-state index is 11.9. The molecule has 5 nitrogen and oxygen atoms in total. The van der Waals surface area contributed by atoms with E-state index in [1.165, 1.54) is 0 Å². The Bertz CT molecular complexity index is 263. The lowest BCUT2D eigenvalue weighted by atomic mass is 10.1. The topological polar surface area (TPSA) is 53.6 Å². The number of fused-ring (bicyclic) bond motifs is 2. The Kier molecular flexibility index (Phi) is 3.08. The molecule has 2 fully saturated rings. The average molecular weight is 227 g/mol. The Morgan fingerprint density at radius 3 is 2.31 bits per heavy atom. The Labute approximate surface area is 96.5 Å². The van der Waals surface area contributed by atoms with Crippen molar-refractivity contribution < 1.29 is 9.53 Å². The molecule has 0 unspecified atom stereocenters. The van der Waals surface area contributed by atoms with Crippen LogP contribution in [0.4, 0.5) is 4.79 Å². The van der Waals surface area contributed by atoms with E-state index in [9.17, 15) is 4.79 Å². The number of hydrogen-bond acceptors (Lipinski definition) is 4. The maximum Gasteiger partial charge on any atom is 0.410 e. The van der Waals surface area contributed by atoms with Gasteiger partial charge in [0.05, 0.1) is 0 Å². The monoisotopic (exact) mass is 227 g/mol. The molecule has 16 heavy (non-hydrogen) atoms. The predicted octanol–water partition coefficient (Wildman–Crippen LogP) is 0.167. The largest absolute Gasteiger partial charge is 0.444 e. The summed E-state index contributed by atoms with van der Waals surface area (Å²) < 4.78 is 5.38. The standard InChI is InChI=1S/C11H21N3O2/c1-11(2,3)16-10(15)14-6-8-4-12-5-9(7-14)13-8/h8-9,12-13H,4-7H2,1-3H3/t8-,9+. The number of nitrogens with zero attached hydrogens (tertiary/aromatic N) is 1. The van der Waals surface area contributed by atoms with E-state index < -0.39 is 5.60 Å². The van der Waals surface area contributed by atoms with Crippen molar-refractivity contribution in [3.05, 3.63) is 0 Å². The van der Waals surface area contributed by atoms with Gasteiger partial charge in [-0.2, -0.15) is 0 Å². The summed E-state index contributed by atoms with van der Waals surface area (Å²) in [5.41, 5.74) is -0.407. The van der Waals surface area contributed by atoms with Gasteiger partial charge in [-0.1, -0.05) is 0 Å². The minimum atomic E-state index is -0.407. The number of carbonyl (C=O) groups is 1. The fourth-order valence-corrected chi connectivity index (χ4v) is 2.20. The number of nitrogens with one attached hydrogen (secondary N) is 2. The quantitative estimate of drug-likeness (QED) is 0.619. The minimum Gasteiger partial charge on any atom is -0.444 e. The van der Waals surface area contributed by atoms with Crippen LogP contribution >= 0.6 is 0 Å². The molecule has 0 aliphatic carbocycles. The van der Waals surface area contributed by atoms with Crippen LogP contribution in [0.2, 0.25) is 0 Å². The lowest BCUT2D eigenvalue weighted by molar-refractivity contribution is 0.0129. The van der Waals surface area contributed by atoms with Crippen LogP contribution in [-0.2, 0) is 4.74 Å². The van der Waals surface area contributed by atoms with Gasteiger partial charge in [0.1, 0.15) is 5.60 Å². The van der Waals surface area contributed by atoms with Crippen LogP contribution in [0, 0.1) is 0 Å². The van der Waals surface area contributed by atoms with Crippen molar-refractivity contribution in [1.29, 1.82) is 0 Å². The van der Waals surface area contributed by atoms with Crippen molar-refractivity contribution in [2.75, 3.05) is 26.2 Å². The Morgan fingerprint density at radius 2 is 1.81 bits per heavy atom. The van der Waals surface area contributed by atoms with E-state index in [1.807, 2.05) is 25.7 Å². The molecule has 2 atom stereocenters. The van der Waals surface area contributed by atoms with Crippen molar-refractivity contribution in [3.63, 3.8) is 0 Å². The van der Waals surface area contributed by atoms with Crippen molar-refractivity contribution in [3.8, 4) is 0 Å². The summed E-state index contributed by atoms with van der Waals surface area (Å²) in [6.07, 6.45) is -0.189. The molecule has 0 saturated carbocycles. The molecule has 0 spiro atoms. The summed E-state index contributed by atoms with van der Waals surface area (Å²) in [7, 11) is 0. The molecule has 2 bridgehead atoms. The number of carbonyl (C=O) groups excluding carboxylic acids is 1. The number of piperazine rings is 2. The molecule has 1 amide bonds. The van der Waals surface area contributed by atoms with Gasteiger partial charge in [-0.05, 0) is 20.8 Å². The summed E-state index contributed by atoms with van der Waals surface area (Å²) >= 11 is 0. The van der Waals surface area contributed by atoms with Gasteiger partial charge in [0.15, 0.2) is 0 Å². The molecule has 2 aliphatic rings. The SMILES string of the molecule is CC(C)(C)OC(=O)N1C[C@H]2CNC[C@@H](C1)N2. The first-order valence-electron chi connectivity index (χ1n) is 5.89. The van der Waals surface area contributed by atoms with Crippen LogP contribution in [0.3, 0.4) is 0 Å². The Morgan fingerprint density at radius 1 is 1.25 bits per heavy atom. The van der Waals surface area contributed by atoms with E-state index in [1.54, 1.807) is 0 Å². The number of amides is 1. The first-order valence-corrected chi connectivity index (χ1v) is 5.89. The lowest BCUT2D eigenvalue weighted by Crippen LogP contribution is -2.67. The molecule has 2 heterocycles. The number of rotatable bonds is 0. The van der Waals surface area contributed by atoms with Gasteiger partial charge >= 0.3 is 6.09 Å². The lowest BCUT2D eigenvalue weighted by Gasteiger charge is -2.42. The second-order valence-corrected chi connectivity index (χ2v) is 5.60. The third-order valence-electron chi connectivity index (χ3n) is 2.79. The highest BCUT2D eigenvalue weighted by atomic mass is 16.6. The van der Waals surface area contributed by atoms with Crippen LogP contribution in [0.15, 0.2) is 0 Å². The molecule has 2 rings (SSSR count). The van der Waals surface area contributed by atoms with Crippen molar-refractivity contribution in [1.82, 2.24) is 15.5 Å². The Hall–Kier alpha value is -0.810. The van der Waals surface area contributed by atoms with Gasteiger partial charge in [-0.3, -0.25) is 0 Å².